The molecule has 1 N–H and O–H groups in total. The molecule has 0 saturated heterocycles. The van der Waals surface area contributed by atoms with Crippen LogP contribution in [0.25, 0.3) is 0 Å². The summed E-state index contributed by atoms with van der Waals surface area (Å²) in [6.07, 6.45) is 1.26. The van der Waals surface area contributed by atoms with E-state index in [-0.39, 0.29) is 12.6 Å². The van der Waals surface area contributed by atoms with Gasteiger partial charge in [0.05, 0.1) is 12.6 Å². The lowest BCUT2D eigenvalue weighted by Gasteiger charge is -2.24. The molecule has 88 valence electrons. The Morgan fingerprint density at radius 2 is 2.12 bits per heavy atom. The van der Waals surface area contributed by atoms with Crippen LogP contribution in [0.3, 0.4) is 0 Å². The second kappa shape index (κ2) is 6.98. The Labute approximate surface area is 95.4 Å². The van der Waals surface area contributed by atoms with Crippen LogP contribution in [-0.4, -0.2) is 29.2 Å². The molecule has 0 heterocycles. The maximum Gasteiger partial charge on any atom is 0.233 e. The zero-order valence-electron chi connectivity index (χ0n) is 9.37. The fourth-order valence-electron chi connectivity index (χ4n) is 1.33. The third kappa shape index (κ3) is 3.64. The van der Waals surface area contributed by atoms with Gasteiger partial charge in [0.25, 0.3) is 0 Å². The summed E-state index contributed by atoms with van der Waals surface area (Å²) in [6.45, 7) is 2.13. The van der Waals surface area contributed by atoms with E-state index in [9.17, 15) is 4.79 Å². The van der Waals surface area contributed by atoms with Gasteiger partial charge in [-0.05, 0) is 12.0 Å². The number of nitrogens with zero attached hydrogens (tertiary/aromatic N) is 1. The van der Waals surface area contributed by atoms with Crippen LogP contribution in [0.2, 0.25) is 0 Å². The Bertz CT molecular complexity index is 298. The van der Waals surface area contributed by atoms with E-state index < -0.39 is 0 Å². The van der Waals surface area contributed by atoms with E-state index in [1.807, 2.05) is 37.3 Å². The van der Waals surface area contributed by atoms with Gasteiger partial charge in [0.2, 0.25) is 6.41 Å². The van der Waals surface area contributed by atoms with Crippen LogP contribution in [0.1, 0.15) is 18.9 Å². The molecule has 1 atom stereocenters. The SMILES string of the molecule is CC[C@@H](CO)N(C=O)OCc1ccccc1. The molecule has 1 aromatic rings. The lowest BCUT2D eigenvalue weighted by molar-refractivity contribution is -0.197. The zero-order chi connectivity index (χ0) is 11.8. The highest BCUT2D eigenvalue weighted by molar-refractivity contribution is 5.45. The summed E-state index contributed by atoms with van der Waals surface area (Å²) in [7, 11) is 0. The van der Waals surface area contributed by atoms with E-state index in [1.54, 1.807) is 0 Å². The highest BCUT2D eigenvalue weighted by Gasteiger charge is 2.14. The highest BCUT2D eigenvalue weighted by atomic mass is 16.7. The number of rotatable bonds is 7. The van der Waals surface area contributed by atoms with E-state index in [2.05, 4.69) is 0 Å². The van der Waals surface area contributed by atoms with Crippen LogP contribution in [0, 0.1) is 0 Å². The largest absolute Gasteiger partial charge is 0.394 e. The first-order chi connectivity index (χ1) is 7.81. The summed E-state index contributed by atoms with van der Waals surface area (Å²) in [5, 5.41) is 10.2. The number of benzene rings is 1. The van der Waals surface area contributed by atoms with Crippen molar-refractivity contribution in [2.45, 2.75) is 26.0 Å². The van der Waals surface area contributed by atoms with Gasteiger partial charge in [-0.3, -0.25) is 9.63 Å². The summed E-state index contributed by atoms with van der Waals surface area (Å²) >= 11 is 0. The van der Waals surface area contributed by atoms with Gasteiger partial charge >= 0.3 is 0 Å². The van der Waals surface area contributed by atoms with Crippen molar-refractivity contribution in [2.75, 3.05) is 6.61 Å². The normalized spacial score (nSPS) is 12.1. The Kier molecular flexibility index (Phi) is 5.53. The molecule has 0 aliphatic heterocycles. The molecule has 1 amide bonds. The van der Waals surface area contributed by atoms with Crippen molar-refractivity contribution in [1.82, 2.24) is 5.06 Å². The predicted molar refractivity (Wildman–Crippen MR) is 60.3 cm³/mol. The van der Waals surface area contributed by atoms with Crippen LogP contribution in [-0.2, 0) is 16.2 Å². The van der Waals surface area contributed by atoms with Gasteiger partial charge in [-0.2, -0.15) is 0 Å². The number of amides is 1. The molecule has 4 heteroatoms. The second-order valence-electron chi connectivity index (χ2n) is 3.47. The number of carbonyl (C=O) groups excluding carboxylic acids is 1. The van der Waals surface area contributed by atoms with E-state index in [4.69, 9.17) is 9.94 Å². The minimum absolute atomic E-state index is 0.0932. The first-order valence-corrected chi connectivity index (χ1v) is 5.33. The summed E-state index contributed by atoms with van der Waals surface area (Å²) in [5.41, 5.74) is 0.988. The Hall–Kier alpha value is -1.39. The van der Waals surface area contributed by atoms with Gasteiger partial charge in [0.15, 0.2) is 0 Å². The van der Waals surface area contributed by atoms with Crippen LogP contribution < -0.4 is 0 Å². The molecule has 16 heavy (non-hydrogen) atoms. The van der Waals surface area contributed by atoms with Crippen LogP contribution in [0.4, 0.5) is 0 Å². The van der Waals surface area contributed by atoms with Crippen LogP contribution in [0.5, 0.6) is 0 Å². The molecule has 0 aliphatic carbocycles. The summed E-state index contributed by atoms with van der Waals surface area (Å²) in [6, 6.07) is 9.30. The molecule has 0 spiro atoms. The predicted octanol–water partition coefficient (Wildman–Crippen LogP) is 1.35. The van der Waals surface area contributed by atoms with Crippen molar-refractivity contribution in [3.63, 3.8) is 0 Å². The van der Waals surface area contributed by atoms with Gasteiger partial charge < -0.3 is 5.11 Å². The lowest BCUT2D eigenvalue weighted by atomic mass is 10.2. The van der Waals surface area contributed by atoms with E-state index in [0.717, 1.165) is 5.56 Å². The average Bonchev–Trinajstić information content (AvgIpc) is 2.35. The first kappa shape index (κ1) is 12.7. The molecule has 1 aromatic carbocycles. The number of hydrogen-bond acceptors (Lipinski definition) is 3. The van der Waals surface area contributed by atoms with E-state index in [0.29, 0.717) is 19.4 Å². The van der Waals surface area contributed by atoms with E-state index >= 15 is 0 Å². The summed E-state index contributed by atoms with van der Waals surface area (Å²) in [5.74, 6) is 0. The molecule has 4 nitrogen and oxygen atoms in total. The Morgan fingerprint density at radius 3 is 2.62 bits per heavy atom. The maximum atomic E-state index is 10.8. The fraction of sp³-hybridized carbons (Fsp3) is 0.417. The number of carbonyl (C=O) groups is 1. The minimum Gasteiger partial charge on any atom is -0.394 e. The fourth-order valence-corrected chi connectivity index (χ4v) is 1.33. The molecule has 0 aromatic heterocycles. The van der Waals surface area contributed by atoms with Crippen molar-refractivity contribution in [3.05, 3.63) is 35.9 Å². The summed E-state index contributed by atoms with van der Waals surface area (Å²) < 4.78 is 0. The molecule has 0 fully saturated rings. The molecule has 0 radical (unpaired) electrons. The standard InChI is InChI=1S/C12H17NO3/c1-2-12(8-14)13(10-15)16-9-11-6-4-3-5-7-11/h3-7,10,12,14H,2,8-9H2,1H3/t12-/m0/s1. The summed E-state index contributed by atoms with van der Waals surface area (Å²) in [4.78, 5) is 16.1. The van der Waals surface area contributed by atoms with Crippen LogP contribution in [0.15, 0.2) is 30.3 Å². The molecule has 1 rings (SSSR count). The van der Waals surface area contributed by atoms with Gasteiger partial charge in [0.1, 0.15) is 6.61 Å². The Balaban J connectivity index is 2.48. The molecule has 0 aliphatic rings. The smallest absolute Gasteiger partial charge is 0.233 e. The number of aliphatic hydroxyl groups excluding tert-OH is 1. The third-order valence-electron chi connectivity index (χ3n) is 2.37. The van der Waals surface area contributed by atoms with Crippen LogP contribution >= 0.6 is 0 Å². The van der Waals surface area contributed by atoms with E-state index in [1.165, 1.54) is 5.06 Å². The molecule has 0 saturated carbocycles. The van der Waals surface area contributed by atoms with Crippen molar-refractivity contribution in [3.8, 4) is 0 Å². The monoisotopic (exact) mass is 223 g/mol. The van der Waals surface area contributed by atoms with Gasteiger partial charge in [0, 0.05) is 0 Å². The number of hydrogen-bond donors (Lipinski definition) is 1. The van der Waals surface area contributed by atoms with Crippen molar-refractivity contribution >= 4 is 6.41 Å². The molecular formula is C12H17NO3. The average molecular weight is 223 g/mol. The van der Waals surface area contributed by atoms with Gasteiger partial charge in [-0.1, -0.05) is 37.3 Å². The molecule has 0 unspecified atom stereocenters. The zero-order valence-corrected chi connectivity index (χ0v) is 9.37. The quantitative estimate of drug-likeness (QED) is 0.560. The number of hydroxylamine groups is 2. The van der Waals surface area contributed by atoms with Crippen molar-refractivity contribution in [1.29, 1.82) is 0 Å². The first-order valence-electron chi connectivity index (χ1n) is 5.33. The lowest BCUT2D eigenvalue weighted by Crippen LogP contribution is -2.36. The maximum absolute atomic E-state index is 10.8. The topological polar surface area (TPSA) is 49.8 Å². The minimum atomic E-state index is -0.277. The van der Waals surface area contributed by atoms with Gasteiger partial charge in [-0.15, -0.1) is 0 Å². The van der Waals surface area contributed by atoms with Gasteiger partial charge in [-0.25, -0.2) is 5.06 Å². The molecule has 0 bridgehead atoms. The molecular weight excluding hydrogens is 206 g/mol. The third-order valence-corrected chi connectivity index (χ3v) is 2.37. The second-order valence-corrected chi connectivity index (χ2v) is 3.47. The number of aliphatic hydroxyl groups is 1. The Morgan fingerprint density at radius 1 is 1.44 bits per heavy atom. The van der Waals surface area contributed by atoms with Crippen molar-refractivity contribution < 1.29 is 14.7 Å². The van der Waals surface area contributed by atoms with Crippen molar-refractivity contribution in [2.24, 2.45) is 0 Å². The highest BCUT2D eigenvalue weighted by Crippen LogP contribution is 2.06.